The van der Waals surface area contributed by atoms with Crippen molar-refractivity contribution in [2.24, 2.45) is 0 Å². The van der Waals surface area contributed by atoms with Crippen LogP contribution in [0.5, 0.6) is 0 Å². The number of ether oxygens (including phenoxy) is 1. The van der Waals surface area contributed by atoms with Gasteiger partial charge in [-0.2, -0.15) is 0 Å². The Balaban J connectivity index is 0.000000169. The molecule has 1 N–H and O–H groups in total. The number of halogens is 1. The van der Waals surface area contributed by atoms with Gasteiger partial charge in [-0.25, -0.2) is 4.39 Å². The molecule has 0 aromatic carbocycles. The van der Waals surface area contributed by atoms with E-state index in [-0.39, 0.29) is 12.2 Å². The molecule has 5 heteroatoms. The Kier molecular flexibility index (Phi) is 3.81. The molecule has 1 aliphatic heterocycles. The predicted molar refractivity (Wildman–Crippen MR) is 76.9 cm³/mol. The van der Waals surface area contributed by atoms with Gasteiger partial charge in [0, 0.05) is 17.2 Å². The summed E-state index contributed by atoms with van der Waals surface area (Å²) in [6.07, 6.45) is 0.838. The summed E-state index contributed by atoms with van der Waals surface area (Å²) in [4.78, 5) is 11.1. The van der Waals surface area contributed by atoms with Crippen molar-refractivity contribution < 1.29 is 23.4 Å². The maximum absolute atomic E-state index is 12.0. The van der Waals surface area contributed by atoms with E-state index in [4.69, 9.17) is 9.15 Å². The molecule has 2 atom stereocenters. The molecule has 1 aromatic heterocycles. The molecule has 22 heavy (non-hydrogen) atoms. The van der Waals surface area contributed by atoms with Crippen molar-refractivity contribution in [1.29, 1.82) is 0 Å². The fourth-order valence-electron chi connectivity index (χ4n) is 2.35. The summed E-state index contributed by atoms with van der Waals surface area (Å²) < 4.78 is 22.2. The Labute approximate surface area is 126 Å². The van der Waals surface area contributed by atoms with E-state index < -0.39 is 18.2 Å². The normalized spacial score (nSPS) is 21.5. The fraction of sp³-hybridized carbons (Fsp3) is 0.235. The van der Waals surface area contributed by atoms with Crippen molar-refractivity contribution in [2.75, 3.05) is 0 Å². The van der Waals surface area contributed by atoms with Gasteiger partial charge < -0.3 is 14.3 Å². The van der Waals surface area contributed by atoms with E-state index in [1.54, 1.807) is 18.2 Å². The zero-order chi connectivity index (χ0) is 15.7. The van der Waals surface area contributed by atoms with E-state index in [2.05, 4.69) is 6.58 Å². The minimum atomic E-state index is -0.650. The second kappa shape index (κ2) is 5.77. The predicted octanol–water partition coefficient (Wildman–Crippen LogP) is 2.79. The topological polar surface area (TPSA) is 59.7 Å². The van der Waals surface area contributed by atoms with Crippen LogP contribution in [0.2, 0.25) is 0 Å². The molecular weight excluding hydrogens is 287 g/mol. The number of cyclic esters (lactones) is 1. The summed E-state index contributed by atoms with van der Waals surface area (Å²) in [6.45, 7) is 3.81. The van der Waals surface area contributed by atoms with E-state index in [0.717, 1.165) is 10.4 Å². The number of rotatable bonds is 2. The highest BCUT2D eigenvalue weighted by Crippen LogP contribution is 2.26. The second-order valence-electron chi connectivity index (χ2n) is 5.27. The summed E-state index contributed by atoms with van der Waals surface area (Å²) in [5.41, 5.74) is 0.590. The first kappa shape index (κ1) is 14.5. The molecule has 2 heterocycles. The third-order valence-corrected chi connectivity index (χ3v) is 3.67. The van der Waals surface area contributed by atoms with E-state index >= 15 is 0 Å². The van der Waals surface area contributed by atoms with Crippen LogP contribution in [0, 0.1) is 16.3 Å². The molecule has 2 unspecified atom stereocenters. The number of hydrogen-bond acceptors (Lipinski definition) is 4. The zero-order valence-corrected chi connectivity index (χ0v) is 11.8. The molecule has 114 valence electrons. The first-order chi connectivity index (χ1) is 10.5. The minimum Gasteiger partial charge on any atom is -0.465 e. The highest BCUT2D eigenvalue weighted by molar-refractivity contribution is 5.74. The van der Waals surface area contributed by atoms with Crippen LogP contribution in [0.25, 0.3) is 5.57 Å². The van der Waals surface area contributed by atoms with E-state index in [9.17, 15) is 14.3 Å². The third kappa shape index (κ3) is 2.80. The lowest BCUT2D eigenvalue weighted by atomic mass is 9.99. The molecule has 0 radical (unpaired) electrons. The fourth-order valence-corrected chi connectivity index (χ4v) is 2.35. The molecule has 4 rings (SSSR count). The molecule has 0 bridgehead atoms. The standard InChI is InChI=1S/C11H12O4.C6H3F/c1-7(9-3-2-4-14-9)10-5-8(12)6-11(13)15-10;7-6-3-4-1-2-5(4)6/h2-4,8,10,12H,1,5-6H2;1-3H. The van der Waals surface area contributed by atoms with Gasteiger partial charge in [0.15, 0.2) is 0 Å². The smallest absolute Gasteiger partial charge is 0.309 e. The Hall–Kier alpha value is -2.40. The van der Waals surface area contributed by atoms with Gasteiger partial charge in [-0.05, 0) is 23.4 Å². The molecule has 4 nitrogen and oxygen atoms in total. The Morgan fingerprint density at radius 1 is 1.36 bits per heavy atom. The summed E-state index contributed by atoms with van der Waals surface area (Å²) in [6, 6.07) is 8.71. The van der Waals surface area contributed by atoms with Crippen LogP contribution in [0.3, 0.4) is 0 Å². The van der Waals surface area contributed by atoms with Gasteiger partial charge >= 0.3 is 5.97 Å². The van der Waals surface area contributed by atoms with Gasteiger partial charge in [-0.15, -0.1) is 0 Å². The van der Waals surface area contributed by atoms with Crippen LogP contribution in [0.1, 0.15) is 18.6 Å². The Bertz CT molecular complexity index is 795. The first-order valence-electron chi connectivity index (χ1n) is 6.94. The Morgan fingerprint density at radius 2 is 2.18 bits per heavy atom. The molecule has 0 spiro atoms. The lowest BCUT2D eigenvalue weighted by Crippen LogP contribution is -2.33. The number of furan rings is 1. The van der Waals surface area contributed by atoms with Crippen molar-refractivity contribution in [3.63, 3.8) is 0 Å². The minimum absolute atomic E-state index is 0.0575. The second-order valence-corrected chi connectivity index (χ2v) is 5.27. The van der Waals surface area contributed by atoms with Crippen molar-refractivity contribution in [2.45, 2.75) is 25.0 Å². The number of benzene rings is 1. The SMILES string of the molecule is C=C(c1ccco1)C1CC(O)CC(=O)O1.Fc1cc2ccc1=2. The summed E-state index contributed by atoms with van der Waals surface area (Å²) in [5, 5.41) is 11.3. The van der Waals surface area contributed by atoms with Crippen LogP contribution < -0.4 is 0 Å². The quantitative estimate of drug-likeness (QED) is 0.740. The number of hydrogen-bond donors (Lipinski definition) is 1. The highest BCUT2D eigenvalue weighted by Gasteiger charge is 2.30. The van der Waals surface area contributed by atoms with E-state index in [1.165, 1.54) is 12.3 Å². The largest absolute Gasteiger partial charge is 0.465 e. The van der Waals surface area contributed by atoms with Gasteiger partial charge in [-0.1, -0.05) is 18.7 Å². The molecular formula is C17H15FO4. The van der Waals surface area contributed by atoms with Crippen LogP contribution in [0.4, 0.5) is 4.39 Å². The van der Waals surface area contributed by atoms with Crippen molar-refractivity contribution in [1.82, 2.24) is 0 Å². The zero-order valence-electron chi connectivity index (χ0n) is 11.8. The number of aliphatic hydroxyl groups is 1. The Morgan fingerprint density at radius 3 is 2.59 bits per heavy atom. The van der Waals surface area contributed by atoms with Crippen LogP contribution in [0.15, 0.2) is 47.6 Å². The maximum Gasteiger partial charge on any atom is 0.309 e. The van der Waals surface area contributed by atoms with Crippen LogP contribution in [-0.2, 0) is 9.53 Å². The van der Waals surface area contributed by atoms with Crippen molar-refractivity contribution >= 4 is 11.5 Å². The number of esters is 1. The molecule has 1 aromatic rings. The molecule has 2 aliphatic carbocycles. The van der Waals surface area contributed by atoms with Crippen LogP contribution in [-0.4, -0.2) is 23.3 Å². The molecule has 1 saturated heterocycles. The van der Waals surface area contributed by atoms with Gasteiger partial charge in [0.2, 0.25) is 0 Å². The third-order valence-electron chi connectivity index (χ3n) is 3.67. The molecule has 1 fully saturated rings. The van der Waals surface area contributed by atoms with Gasteiger partial charge in [0.25, 0.3) is 0 Å². The average Bonchev–Trinajstić information content (AvgIpc) is 2.97. The summed E-state index contributed by atoms with van der Waals surface area (Å²) in [7, 11) is 0. The van der Waals surface area contributed by atoms with Gasteiger partial charge in [0.05, 0.1) is 18.8 Å². The van der Waals surface area contributed by atoms with Crippen molar-refractivity contribution in [3.05, 3.63) is 65.2 Å². The summed E-state index contributed by atoms with van der Waals surface area (Å²) >= 11 is 0. The van der Waals surface area contributed by atoms with E-state index in [0.29, 0.717) is 17.8 Å². The molecule has 0 saturated carbocycles. The first-order valence-corrected chi connectivity index (χ1v) is 6.94. The molecule has 3 aliphatic rings. The van der Waals surface area contributed by atoms with Gasteiger partial charge in [-0.3, -0.25) is 4.79 Å². The van der Waals surface area contributed by atoms with Crippen LogP contribution >= 0.6 is 0 Å². The number of carbonyl (C=O) groups is 1. The number of carbonyl (C=O) groups excluding carboxylic acids is 1. The lowest BCUT2D eigenvalue weighted by molar-refractivity contribution is -0.155. The monoisotopic (exact) mass is 302 g/mol. The van der Waals surface area contributed by atoms with Crippen molar-refractivity contribution in [3.8, 4) is 0 Å². The molecule has 0 amide bonds. The highest BCUT2D eigenvalue weighted by atomic mass is 19.1. The average molecular weight is 302 g/mol. The number of aliphatic hydroxyl groups excluding tert-OH is 1. The lowest BCUT2D eigenvalue weighted by Gasteiger charge is -2.26. The van der Waals surface area contributed by atoms with E-state index in [1.807, 2.05) is 6.07 Å². The maximum atomic E-state index is 12.0. The van der Waals surface area contributed by atoms with Gasteiger partial charge in [0.1, 0.15) is 17.7 Å². The summed E-state index contributed by atoms with van der Waals surface area (Å²) in [5.74, 6) is 0.130.